The highest BCUT2D eigenvalue weighted by molar-refractivity contribution is 5.73. The predicted octanol–water partition coefficient (Wildman–Crippen LogP) is 0.544. The molecule has 0 aliphatic rings. The lowest BCUT2D eigenvalue weighted by atomic mass is 10.1. The second-order valence-electron chi connectivity index (χ2n) is 3.73. The van der Waals surface area contributed by atoms with Gasteiger partial charge in [0.05, 0.1) is 0 Å². The van der Waals surface area contributed by atoms with Gasteiger partial charge in [0.2, 0.25) is 0 Å². The molecule has 0 rings (SSSR count). The third-order valence-electron chi connectivity index (χ3n) is 2.39. The number of hydrogen-bond donors (Lipinski definition) is 3. The van der Waals surface area contributed by atoms with Crippen LogP contribution in [0.4, 0.5) is 0 Å². The summed E-state index contributed by atoms with van der Waals surface area (Å²) in [5.41, 5.74) is 5.35. The van der Waals surface area contributed by atoms with E-state index < -0.39 is 12.0 Å². The number of hydrazine groups is 1. The second kappa shape index (κ2) is 8.64. The highest BCUT2D eigenvalue weighted by atomic mass is 16.4. The van der Waals surface area contributed by atoms with Crippen LogP contribution < -0.4 is 11.6 Å². The van der Waals surface area contributed by atoms with Crippen LogP contribution in [0.15, 0.2) is 0 Å². The van der Waals surface area contributed by atoms with Gasteiger partial charge in [-0.2, -0.15) is 0 Å². The molecule has 0 aromatic rings. The first-order chi connectivity index (χ1) is 7.13. The predicted molar refractivity (Wildman–Crippen MR) is 60.1 cm³/mol. The van der Waals surface area contributed by atoms with Gasteiger partial charge in [-0.25, -0.2) is 5.01 Å². The summed E-state index contributed by atoms with van der Waals surface area (Å²) in [4.78, 5) is 10.9. The molecule has 5 heteroatoms. The molecule has 0 saturated carbocycles. The van der Waals surface area contributed by atoms with Crippen LogP contribution in [0, 0.1) is 0 Å². The zero-order valence-electron chi connectivity index (χ0n) is 9.48. The quantitative estimate of drug-likeness (QED) is 0.298. The first-order valence-corrected chi connectivity index (χ1v) is 5.57. The first kappa shape index (κ1) is 14.3. The Kier molecular flexibility index (Phi) is 8.27. The maximum absolute atomic E-state index is 10.9. The smallest absolute Gasteiger partial charge is 0.322 e. The fourth-order valence-electron chi connectivity index (χ4n) is 1.41. The molecule has 15 heavy (non-hydrogen) atoms. The Hall–Kier alpha value is -0.650. The molecule has 90 valence electrons. The Bertz CT molecular complexity index is 176. The van der Waals surface area contributed by atoms with E-state index in [1.807, 2.05) is 0 Å². The Morgan fingerprint density at radius 1 is 1.40 bits per heavy atom. The van der Waals surface area contributed by atoms with Gasteiger partial charge in [-0.15, -0.1) is 0 Å². The molecular formula is C10H23N3O2. The van der Waals surface area contributed by atoms with Crippen LogP contribution in [0.2, 0.25) is 0 Å². The number of nitrogens with two attached hydrogens (primary N) is 2. The molecule has 0 amide bonds. The summed E-state index contributed by atoms with van der Waals surface area (Å²) >= 11 is 0. The van der Waals surface area contributed by atoms with Crippen LogP contribution in [0.5, 0.6) is 0 Å². The number of rotatable bonds is 9. The van der Waals surface area contributed by atoms with Crippen molar-refractivity contribution in [3.63, 3.8) is 0 Å². The summed E-state index contributed by atoms with van der Waals surface area (Å²) in [7, 11) is 0. The van der Waals surface area contributed by atoms with Crippen LogP contribution >= 0.6 is 0 Å². The van der Waals surface area contributed by atoms with E-state index in [4.69, 9.17) is 16.7 Å². The van der Waals surface area contributed by atoms with E-state index in [1.54, 1.807) is 0 Å². The molecule has 1 atom stereocenters. The number of hydrogen-bond acceptors (Lipinski definition) is 4. The highest BCUT2D eigenvalue weighted by Crippen LogP contribution is 2.07. The molecule has 0 heterocycles. The van der Waals surface area contributed by atoms with Crippen LogP contribution in [0.1, 0.15) is 39.0 Å². The lowest BCUT2D eigenvalue weighted by molar-refractivity contribution is -0.143. The van der Waals surface area contributed by atoms with Gasteiger partial charge < -0.3 is 10.8 Å². The van der Waals surface area contributed by atoms with Crippen molar-refractivity contribution < 1.29 is 9.90 Å². The minimum absolute atomic E-state index is 0.567. The van der Waals surface area contributed by atoms with Crippen LogP contribution in [-0.2, 0) is 4.79 Å². The molecule has 0 aliphatic carbocycles. The molecule has 0 aromatic heterocycles. The summed E-state index contributed by atoms with van der Waals surface area (Å²) in [5, 5.41) is 10.4. The van der Waals surface area contributed by atoms with E-state index in [2.05, 4.69) is 6.92 Å². The number of nitrogens with zero attached hydrogens (tertiary/aromatic N) is 1. The fraction of sp³-hybridized carbons (Fsp3) is 0.900. The molecule has 0 saturated heterocycles. The van der Waals surface area contributed by atoms with E-state index in [0.717, 1.165) is 25.7 Å². The summed E-state index contributed by atoms with van der Waals surface area (Å²) < 4.78 is 0. The van der Waals surface area contributed by atoms with Gasteiger partial charge in [0.25, 0.3) is 0 Å². The van der Waals surface area contributed by atoms with E-state index >= 15 is 0 Å². The van der Waals surface area contributed by atoms with Crippen LogP contribution in [0.3, 0.4) is 0 Å². The zero-order chi connectivity index (χ0) is 11.7. The van der Waals surface area contributed by atoms with Crippen molar-refractivity contribution >= 4 is 5.97 Å². The first-order valence-electron chi connectivity index (χ1n) is 5.57. The lowest BCUT2D eigenvalue weighted by Crippen LogP contribution is -2.46. The zero-order valence-corrected chi connectivity index (χ0v) is 9.48. The maximum atomic E-state index is 10.9. The highest BCUT2D eigenvalue weighted by Gasteiger charge is 2.21. The Morgan fingerprint density at radius 2 is 2.07 bits per heavy atom. The van der Waals surface area contributed by atoms with Gasteiger partial charge in [-0.05, 0) is 32.2 Å². The van der Waals surface area contributed by atoms with Crippen molar-refractivity contribution in [3.8, 4) is 0 Å². The fourth-order valence-corrected chi connectivity index (χ4v) is 1.41. The van der Waals surface area contributed by atoms with Crippen molar-refractivity contribution in [1.29, 1.82) is 0 Å². The van der Waals surface area contributed by atoms with Gasteiger partial charge in [0, 0.05) is 6.54 Å². The third-order valence-corrected chi connectivity index (χ3v) is 2.39. The number of carbonyl (C=O) groups is 1. The van der Waals surface area contributed by atoms with Crippen LogP contribution in [-0.4, -0.2) is 35.2 Å². The second-order valence-corrected chi connectivity index (χ2v) is 3.73. The molecule has 5 N–H and O–H groups in total. The van der Waals surface area contributed by atoms with Gasteiger partial charge in [-0.1, -0.05) is 13.3 Å². The van der Waals surface area contributed by atoms with Crippen molar-refractivity contribution in [2.24, 2.45) is 11.6 Å². The number of aliphatic carboxylic acids is 1. The summed E-state index contributed by atoms with van der Waals surface area (Å²) in [6.07, 6.45) is 4.19. The molecule has 0 bridgehead atoms. The molecule has 0 spiro atoms. The normalized spacial score (nSPS) is 13.1. The maximum Gasteiger partial charge on any atom is 0.322 e. The summed E-state index contributed by atoms with van der Waals surface area (Å²) in [6.45, 7) is 3.29. The average molecular weight is 217 g/mol. The van der Waals surface area contributed by atoms with E-state index in [0.29, 0.717) is 19.5 Å². The van der Waals surface area contributed by atoms with Crippen molar-refractivity contribution in [2.45, 2.75) is 45.1 Å². The Balaban J connectivity index is 3.95. The molecule has 0 fully saturated rings. The molecular weight excluding hydrogens is 194 g/mol. The van der Waals surface area contributed by atoms with Gasteiger partial charge >= 0.3 is 5.97 Å². The number of carboxylic acid groups (broad SMARTS) is 1. The topological polar surface area (TPSA) is 92.6 Å². The average Bonchev–Trinajstić information content (AvgIpc) is 2.20. The standard InChI is InChI=1S/C10H23N3O2/c1-2-3-8-13(12)9(10(14)15)6-4-5-7-11/h9H,2-8,11-12H2,1H3,(H,14,15)/t9-/m0/s1. The van der Waals surface area contributed by atoms with Crippen molar-refractivity contribution in [1.82, 2.24) is 5.01 Å². The van der Waals surface area contributed by atoms with Gasteiger partial charge in [0.1, 0.15) is 6.04 Å². The largest absolute Gasteiger partial charge is 0.480 e. The van der Waals surface area contributed by atoms with Gasteiger partial charge in [0.15, 0.2) is 0 Å². The number of carboxylic acids is 1. The summed E-state index contributed by atoms with van der Waals surface area (Å²) in [6, 6.07) is -0.567. The van der Waals surface area contributed by atoms with E-state index in [-0.39, 0.29) is 0 Å². The molecule has 0 unspecified atom stereocenters. The SMILES string of the molecule is CCCCN(N)[C@@H](CCCCN)C(=O)O. The number of unbranched alkanes of at least 4 members (excludes halogenated alkanes) is 2. The Morgan fingerprint density at radius 3 is 2.53 bits per heavy atom. The monoisotopic (exact) mass is 217 g/mol. The minimum Gasteiger partial charge on any atom is -0.480 e. The minimum atomic E-state index is -0.842. The molecule has 0 aromatic carbocycles. The molecule has 0 aliphatic heterocycles. The lowest BCUT2D eigenvalue weighted by Gasteiger charge is -2.23. The van der Waals surface area contributed by atoms with Crippen molar-refractivity contribution in [2.75, 3.05) is 13.1 Å². The summed E-state index contributed by atoms with van der Waals surface area (Å²) in [5.74, 6) is 4.87. The third kappa shape index (κ3) is 6.43. The van der Waals surface area contributed by atoms with E-state index in [9.17, 15) is 4.79 Å². The van der Waals surface area contributed by atoms with Crippen LogP contribution in [0.25, 0.3) is 0 Å². The Labute approximate surface area is 91.4 Å². The van der Waals surface area contributed by atoms with E-state index in [1.165, 1.54) is 5.01 Å². The van der Waals surface area contributed by atoms with Gasteiger partial charge in [-0.3, -0.25) is 10.6 Å². The van der Waals surface area contributed by atoms with Crippen molar-refractivity contribution in [3.05, 3.63) is 0 Å². The molecule has 5 nitrogen and oxygen atoms in total. The molecule has 0 radical (unpaired) electrons.